The topological polar surface area (TPSA) is 42.7 Å². The molecular formula is C48H29NO3. The molecule has 11 aromatic rings. The van der Waals surface area contributed by atoms with E-state index in [1.807, 2.05) is 30.3 Å². The lowest BCUT2D eigenvalue weighted by Gasteiger charge is -2.28. The van der Waals surface area contributed by atoms with Crippen LogP contribution in [0.3, 0.4) is 0 Å². The molecule has 8 aromatic carbocycles. The third-order valence-electron chi connectivity index (χ3n) is 10.3. The van der Waals surface area contributed by atoms with Gasteiger partial charge in [-0.25, -0.2) is 0 Å². The largest absolute Gasteiger partial charge is 0.456 e. The van der Waals surface area contributed by atoms with E-state index in [0.717, 1.165) is 105 Å². The van der Waals surface area contributed by atoms with Crippen molar-refractivity contribution in [3.63, 3.8) is 0 Å². The summed E-state index contributed by atoms with van der Waals surface area (Å²) in [5.74, 6) is 0. The van der Waals surface area contributed by atoms with E-state index in [0.29, 0.717) is 0 Å². The molecule has 0 unspecified atom stereocenters. The van der Waals surface area contributed by atoms with E-state index in [9.17, 15) is 0 Å². The Labute approximate surface area is 298 Å². The first-order valence-electron chi connectivity index (χ1n) is 17.5. The number of rotatable bonds is 5. The fourth-order valence-corrected chi connectivity index (χ4v) is 8.01. The molecule has 0 aliphatic rings. The molecule has 0 saturated carbocycles. The van der Waals surface area contributed by atoms with Gasteiger partial charge in [0.15, 0.2) is 11.2 Å². The molecule has 4 nitrogen and oxygen atoms in total. The second-order valence-electron chi connectivity index (χ2n) is 13.2. The van der Waals surface area contributed by atoms with Crippen molar-refractivity contribution in [2.24, 2.45) is 0 Å². The second-order valence-corrected chi connectivity index (χ2v) is 13.2. The molecule has 0 amide bonds. The summed E-state index contributed by atoms with van der Waals surface area (Å²) in [6.07, 6.45) is 0. The summed E-state index contributed by atoms with van der Waals surface area (Å²) < 4.78 is 20.5. The molecule has 0 radical (unpaired) electrons. The smallest absolute Gasteiger partial charge is 0.159 e. The van der Waals surface area contributed by atoms with Crippen LogP contribution in [0.15, 0.2) is 189 Å². The normalized spacial score (nSPS) is 11.8. The lowest BCUT2D eigenvalue weighted by molar-refractivity contribution is 0.664. The highest BCUT2D eigenvalue weighted by Crippen LogP contribution is 2.50. The number of nitrogens with zero attached hydrogens (tertiary/aromatic N) is 1. The van der Waals surface area contributed by atoms with Crippen molar-refractivity contribution in [1.29, 1.82) is 0 Å². The average molecular weight is 668 g/mol. The first kappa shape index (κ1) is 28.8. The van der Waals surface area contributed by atoms with E-state index < -0.39 is 0 Å². The fourth-order valence-electron chi connectivity index (χ4n) is 8.01. The number of furan rings is 3. The maximum atomic E-state index is 7.22. The Morgan fingerprint density at radius 3 is 1.62 bits per heavy atom. The van der Waals surface area contributed by atoms with Gasteiger partial charge in [-0.3, -0.25) is 0 Å². The van der Waals surface area contributed by atoms with E-state index in [2.05, 4.69) is 150 Å². The van der Waals surface area contributed by atoms with Gasteiger partial charge in [-0.05, 0) is 47.5 Å². The number of hydrogen-bond donors (Lipinski definition) is 0. The van der Waals surface area contributed by atoms with Crippen LogP contribution in [-0.4, -0.2) is 0 Å². The van der Waals surface area contributed by atoms with Crippen LogP contribution < -0.4 is 4.90 Å². The maximum Gasteiger partial charge on any atom is 0.159 e. The molecule has 0 spiro atoms. The van der Waals surface area contributed by atoms with Crippen molar-refractivity contribution >= 4 is 82.9 Å². The number of benzene rings is 8. The molecule has 3 aromatic heterocycles. The molecule has 0 aliphatic carbocycles. The highest BCUT2D eigenvalue weighted by atomic mass is 16.3. The maximum absolute atomic E-state index is 7.22. The summed E-state index contributed by atoms with van der Waals surface area (Å²) in [6, 6.07) is 61.0. The van der Waals surface area contributed by atoms with E-state index in [1.165, 1.54) is 0 Å². The second kappa shape index (κ2) is 11.2. The SMILES string of the molecule is c1ccc(-c2ccccc2N(c2cccc3c2oc2ccccc23)c2cccc3c2oc2c(-c4ccccc4)c4c(cc23)oc2ccccc24)cc1. The molecule has 0 atom stereocenters. The summed E-state index contributed by atoms with van der Waals surface area (Å²) in [5, 5.41) is 6.26. The minimum Gasteiger partial charge on any atom is -0.456 e. The third kappa shape index (κ3) is 4.21. The zero-order valence-electron chi connectivity index (χ0n) is 27.9. The highest BCUT2D eigenvalue weighted by Gasteiger charge is 2.27. The highest BCUT2D eigenvalue weighted by molar-refractivity contribution is 6.25. The average Bonchev–Trinajstić information content (AvgIpc) is 3.90. The summed E-state index contributed by atoms with van der Waals surface area (Å²) in [7, 11) is 0. The molecule has 0 N–H and O–H groups in total. The molecular weight excluding hydrogens is 639 g/mol. The van der Waals surface area contributed by atoms with Crippen LogP contribution in [0.25, 0.3) is 88.1 Å². The number of hydrogen-bond acceptors (Lipinski definition) is 4. The van der Waals surface area contributed by atoms with Crippen LogP contribution >= 0.6 is 0 Å². The molecule has 244 valence electrons. The van der Waals surface area contributed by atoms with Crippen LogP contribution in [0, 0.1) is 0 Å². The van der Waals surface area contributed by atoms with Crippen LogP contribution in [0.2, 0.25) is 0 Å². The van der Waals surface area contributed by atoms with Gasteiger partial charge >= 0.3 is 0 Å². The summed E-state index contributed by atoms with van der Waals surface area (Å²) >= 11 is 0. The van der Waals surface area contributed by atoms with Gasteiger partial charge in [-0.1, -0.05) is 140 Å². The van der Waals surface area contributed by atoms with E-state index in [-0.39, 0.29) is 0 Å². The predicted molar refractivity (Wildman–Crippen MR) is 214 cm³/mol. The number of fused-ring (bicyclic) bond motifs is 9. The monoisotopic (exact) mass is 667 g/mol. The number of anilines is 3. The summed E-state index contributed by atoms with van der Waals surface area (Å²) in [6.45, 7) is 0. The van der Waals surface area contributed by atoms with E-state index in [4.69, 9.17) is 13.3 Å². The van der Waals surface area contributed by atoms with Crippen molar-refractivity contribution in [1.82, 2.24) is 0 Å². The van der Waals surface area contributed by atoms with Gasteiger partial charge in [0.2, 0.25) is 0 Å². The third-order valence-corrected chi connectivity index (χ3v) is 10.3. The van der Waals surface area contributed by atoms with Crippen molar-refractivity contribution in [3.8, 4) is 22.3 Å². The Kier molecular flexibility index (Phi) is 6.22. The van der Waals surface area contributed by atoms with Gasteiger partial charge in [0.05, 0.1) is 17.1 Å². The molecule has 52 heavy (non-hydrogen) atoms. The Balaban J connectivity index is 1.27. The lowest BCUT2D eigenvalue weighted by Crippen LogP contribution is -2.11. The molecule has 0 aliphatic heterocycles. The van der Waals surface area contributed by atoms with Gasteiger partial charge in [0.1, 0.15) is 22.3 Å². The Morgan fingerprint density at radius 1 is 0.327 bits per heavy atom. The minimum atomic E-state index is 0.780. The van der Waals surface area contributed by atoms with Gasteiger partial charge in [-0.2, -0.15) is 0 Å². The van der Waals surface area contributed by atoms with Crippen molar-refractivity contribution in [2.75, 3.05) is 4.90 Å². The van der Waals surface area contributed by atoms with E-state index >= 15 is 0 Å². The first-order valence-corrected chi connectivity index (χ1v) is 17.5. The molecule has 11 rings (SSSR count). The fraction of sp³-hybridized carbons (Fsp3) is 0. The van der Waals surface area contributed by atoms with Crippen LogP contribution in [0.1, 0.15) is 0 Å². The van der Waals surface area contributed by atoms with Crippen molar-refractivity contribution in [2.45, 2.75) is 0 Å². The zero-order chi connectivity index (χ0) is 34.2. The lowest BCUT2D eigenvalue weighted by atomic mass is 9.96. The first-order chi connectivity index (χ1) is 25.8. The Hall–Kier alpha value is -7.04. The van der Waals surface area contributed by atoms with Crippen molar-refractivity contribution < 1.29 is 13.3 Å². The Morgan fingerprint density at radius 2 is 0.865 bits per heavy atom. The summed E-state index contributed by atoms with van der Waals surface area (Å²) in [5.41, 5.74) is 12.1. The number of para-hydroxylation sites is 5. The summed E-state index contributed by atoms with van der Waals surface area (Å²) in [4.78, 5) is 2.30. The minimum absolute atomic E-state index is 0.780. The van der Waals surface area contributed by atoms with Gasteiger partial charge < -0.3 is 18.2 Å². The standard InChI is InChI=1S/C48H29NO3/c1-3-15-30(16-4-1)32-19-7-10-24-38(32)49(39-25-13-22-34-33-20-8-11-27-41(33)51-46(34)39)40-26-14-23-35-37-29-43-45(36-21-9-12-28-42(36)50-43)44(48(37)52-47(35)40)31-17-5-2-6-18-31/h1-29H. The Bertz CT molecular complexity index is 3130. The molecule has 3 heterocycles. The van der Waals surface area contributed by atoms with Gasteiger partial charge in [0.25, 0.3) is 0 Å². The van der Waals surface area contributed by atoms with Gasteiger partial charge in [-0.15, -0.1) is 0 Å². The predicted octanol–water partition coefficient (Wildman–Crippen LogP) is 14.2. The quantitative estimate of drug-likeness (QED) is 0.183. The van der Waals surface area contributed by atoms with E-state index in [1.54, 1.807) is 0 Å². The van der Waals surface area contributed by atoms with Gasteiger partial charge in [0, 0.05) is 43.4 Å². The van der Waals surface area contributed by atoms with Crippen LogP contribution in [0.4, 0.5) is 17.1 Å². The van der Waals surface area contributed by atoms with Crippen molar-refractivity contribution in [3.05, 3.63) is 176 Å². The molecule has 4 heteroatoms. The molecule has 0 saturated heterocycles. The molecule has 0 bridgehead atoms. The van der Waals surface area contributed by atoms with Crippen LogP contribution in [0.5, 0.6) is 0 Å². The van der Waals surface area contributed by atoms with Crippen LogP contribution in [-0.2, 0) is 0 Å². The molecule has 0 fully saturated rings. The zero-order valence-corrected chi connectivity index (χ0v) is 27.9.